The van der Waals surface area contributed by atoms with Gasteiger partial charge in [0, 0.05) is 6.21 Å². The maximum absolute atomic E-state index is 12.7. The summed E-state index contributed by atoms with van der Waals surface area (Å²) in [4.78, 5) is 17.1. The summed E-state index contributed by atoms with van der Waals surface area (Å²) in [7, 11) is -3.27. The Bertz CT molecular complexity index is 1170. The fourth-order valence-electron chi connectivity index (χ4n) is 3.58. The normalized spacial score (nSPS) is 18.4. The van der Waals surface area contributed by atoms with E-state index in [1.54, 1.807) is 6.92 Å². The summed E-state index contributed by atoms with van der Waals surface area (Å²) >= 11 is 0. The van der Waals surface area contributed by atoms with Crippen molar-refractivity contribution in [1.29, 1.82) is 5.26 Å². The molecule has 1 aromatic carbocycles. The summed E-state index contributed by atoms with van der Waals surface area (Å²) in [5.74, 6) is -0.649. The molecule has 1 saturated heterocycles. The van der Waals surface area contributed by atoms with Gasteiger partial charge in [0.1, 0.15) is 11.6 Å². The average Bonchev–Trinajstić information content (AvgIpc) is 2.93. The van der Waals surface area contributed by atoms with Crippen LogP contribution >= 0.6 is 0 Å². The third-order valence-corrected chi connectivity index (χ3v) is 6.67. The van der Waals surface area contributed by atoms with E-state index in [2.05, 4.69) is 4.99 Å². The molecule has 2 heterocycles. The van der Waals surface area contributed by atoms with Gasteiger partial charge in [-0.05, 0) is 56.0 Å². The molecule has 1 fully saturated rings. The summed E-state index contributed by atoms with van der Waals surface area (Å²) in [6.07, 6.45) is 1.64. The van der Waals surface area contributed by atoms with Crippen LogP contribution in [0, 0.1) is 32.1 Å². The second-order valence-corrected chi connectivity index (χ2v) is 9.41. The molecule has 0 aliphatic carbocycles. The Kier molecular flexibility index (Phi) is 5.13. The van der Waals surface area contributed by atoms with Crippen molar-refractivity contribution in [3.8, 4) is 11.9 Å². The number of hydrogen-bond acceptors (Lipinski definition) is 6. The Morgan fingerprint density at radius 1 is 1.25 bits per heavy atom. The monoisotopic (exact) mass is 399 g/mol. The first-order valence-electron chi connectivity index (χ1n) is 8.84. The third-order valence-electron chi connectivity index (χ3n) is 4.92. The molecule has 7 nitrogen and oxygen atoms in total. The SMILES string of the molecule is Cc1cc(C)cc(N=Cc2c(C)c(C#N)c(=O)n(C3CCS(=O)(=O)C3)c2O)c1. The smallest absolute Gasteiger partial charge is 0.271 e. The lowest BCUT2D eigenvalue weighted by Gasteiger charge is -2.18. The highest BCUT2D eigenvalue weighted by Crippen LogP contribution is 2.30. The standard InChI is InChI=1S/C20H21N3O4S/c1-12-6-13(2)8-15(7-12)22-10-18-14(3)17(9-21)19(24)23(20(18)25)16-4-5-28(26,27)11-16/h6-8,10,16,25H,4-5,11H2,1-3H3. The van der Waals surface area contributed by atoms with E-state index in [-0.39, 0.29) is 34.9 Å². The van der Waals surface area contributed by atoms with Crippen molar-refractivity contribution in [1.82, 2.24) is 4.57 Å². The number of benzene rings is 1. The minimum absolute atomic E-state index is 0.0503. The highest BCUT2D eigenvalue weighted by molar-refractivity contribution is 7.91. The van der Waals surface area contributed by atoms with Gasteiger partial charge in [-0.15, -0.1) is 0 Å². The zero-order valence-corrected chi connectivity index (χ0v) is 16.7. The first-order chi connectivity index (χ1) is 13.1. The van der Waals surface area contributed by atoms with Gasteiger partial charge in [0.25, 0.3) is 5.56 Å². The van der Waals surface area contributed by atoms with E-state index in [0.29, 0.717) is 11.3 Å². The van der Waals surface area contributed by atoms with Gasteiger partial charge in [0.15, 0.2) is 9.84 Å². The summed E-state index contributed by atoms with van der Waals surface area (Å²) in [5.41, 5.74) is 2.50. The minimum Gasteiger partial charge on any atom is -0.494 e. The van der Waals surface area contributed by atoms with Gasteiger partial charge in [0.2, 0.25) is 5.88 Å². The van der Waals surface area contributed by atoms with E-state index in [9.17, 15) is 23.6 Å². The number of aromatic nitrogens is 1. The van der Waals surface area contributed by atoms with Crippen molar-refractivity contribution in [2.45, 2.75) is 33.2 Å². The van der Waals surface area contributed by atoms with Crippen molar-refractivity contribution in [2.75, 3.05) is 11.5 Å². The predicted octanol–water partition coefficient (Wildman–Crippen LogP) is 2.46. The van der Waals surface area contributed by atoms with Gasteiger partial charge in [-0.2, -0.15) is 5.26 Å². The van der Waals surface area contributed by atoms with Gasteiger partial charge >= 0.3 is 0 Å². The van der Waals surface area contributed by atoms with E-state index in [1.807, 2.05) is 38.1 Å². The molecule has 1 aliphatic rings. The first kappa shape index (κ1) is 19.8. The molecular formula is C20H21N3O4S. The second-order valence-electron chi connectivity index (χ2n) is 7.19. The fourth-order valence-corrected chi connectivity index (χ4v) is 5.28. The number of aliphatic imine (C=N–C) groups is 1. The van der Waals surface area contributed by atoms with E-state index in [4.69, 9.17) is 0 Å². The van der Waals surface area contributed by atoms with Gasteiger partial charge in [-0.3, -0.25) is 14.4 Å². The molecule has 8 heteroatoms. The summed E-state index contributed by atoms with van der Waals surface area (Å²) in [6, 6.07) is 6.94. The lowest BCUT2D eigenvalue weighted by atomic mass is 10.0. The van der Waals surface area contributed by atoms with Crippen molar-refractivity contribution >= 4 is 21.7 Å². The van der Waals surface area contributed by atoms with E-state index < -0.39 is 21.4 Å². The largest absolute Gasteiger partial charge is 0.494 e. The maximum atomic E-state index is 12.7. The van der Waals surface area contributed by atoms with Crippen LogP contribution in [0.25, 0.3) is 0 Å². The van der Waals surface area contributed by atoms with Gasteiger partial charge < -0.3 is 5.11 Å². The summed E-state index contributed by atoms with van der Waals surface area (Å²) < 4.78 is 24.7. The van der Waals surface area contributed by atoms with Crippen LogP contribution in [0.15, 0.2) is 28.0 Å². The van der Waals surface area contributed by atoms with Crippen LogP contribution in [-0.2, 0) is 9.84 Å². The van der Waals surface area contributed by atoms with E-state index >= 15 is 0 Å². The molecule has 1 atom stereocenters. The molecule has 1 N–H and O–H groups in total. The lowest BCUT2D eigenvalue weighted by molar-refractivity contribution is 0.379. The quantitative estimate of drug-likeness (QED) is 0.797. The molecule has 2 aromatic rings. The molecule has 0 spiro atoms. The molecule has 0 radical (unpaired) electrons. The Balaban J connectivity index is 2.16. The minimum atomic E-state index is -3.27. The predicted molar refractivity (Wildman–Crippen MR) is 107 cm³/mol. The molecule has 1 aromatic heterocycles. The topological polar surface area (TPSA) is 113 Å². The molecule has 0 bridgehead atoms. The number of aryl methyl sites for hydroxylation is 2. The first-order valence-corrected chi connectivity index (χ1v) is 10.7. The highest BCUT2D eigenvalue weighted by Gasteiger charge is 2.33. The zero-order chi connectivity index (χ0) is 20.6. The second kappa shape index (κ2) is 7.24. The molecule has 1 aliphatic heterocycles. The van der Waals surface area contributed by atoms with Crippen molar-refractivity contribution in [2.24, 2.45) is 4.99 Å². The third kappa shape index (κ3) is 3.71. The number of aromatic hydroxyl groups is 1. The van der Waals surface area contributed by atoms with Crippen LogP contribution in [0.3, 0.4) is 0 Å². The van der Waals surface area contributed by atoms with Crippen LogP contribution in [0.1, 0.15) is 40.3 Å². The van der Waals surface area contributed by atoms with Crippen LogP contribution in [0.5, 0.6) is 5.88 Å². The van der Waals surface area contributed by atoms with Crippen molar-refractivity contribution in [3.63, 3.8) is 0 Å². The van der Waals surface area contributed by atoms with Crippen LogP contribution in [-0.4, -0.2) is 35.8 Å². The zero-order valence-electron chi connectivity index (χ0n) is 15.9. The fraction of sp³-hybridized carbons (Fsp3) is 0.350. The molecule has 1 unspecified atom stereocenters. The number of sulfone groups is 1. The van der Waals surface area contributed by atoms with E-state index in [1.165, 1.54) is 6.21 Å². The molecule has 0 saturated carbocycles. The number of hydrogen-bond donors (Lipinski definition) is 1. The molecule has 28 heavy (non-hydrogen) atoms. The molecule has 0 amide bonds. The molecule has 146 valence electrons. The Morgan fingerprint density at radius 3 is 2.43 bits per heavy atom. The number of pyridine rings is 1. The van der Waals surface area contributed by atoms with Crippen molar-refractivity contribution in [3.05, 3.63) is 56.4 Å². The van der Waals surface area contributed by atoms with E-state index in [0.717, 1.165) is 15.7 Å². The Morgan fingerprint density at radius 2 is 1.89 bits per heavy atom. The number of nitriles is 1. The Hall–Kier alpha value is -2.92. The van der Waals surface area contributed by atoms with Crippen LogP contribution < -0.4 is 5.56 Å². The maximum Gasteiger partial charge on any atom is 0.271 e. The molecule has 3 rings (SSSR count). The van der Waals surface area contributed by atoms with Crippen molar-refractivity contribution < 1.29 is 13.5 Å². The number of nitrogens with zero attached hydrogens (tertiary/aromatic N) is 3. The number of rotatable bonds is 3. The lowest BCUT2D eigenvalue weighted by Crippen LogP contribution is -2.29. The van der Waals surface area contributed by atoms with Gasteiger partial charge in [0.05, 0.1) is 28.8 Å². The Labute approximate surface area is 163 Å². The van der Waals surface area contributed by atoms with Gasteiger partial charge in [-0.25, -0.2) is 8.42 Å². The van der Waals surface area contributed by atoms with Crippen LogP contribution in [0.2, 0.25) is 0 Å². The molecular weight excluding hydrogens is 378 g/mol. The summed E-state index contributed by atoms with van der Waals surface area (Å²) in [6.45, 7) is 5.46. The summed E-state index contributed by atoms with van der Waals surface area (Å²) in [5, 5.41) is 20.2. The van der Waals surface area contributed by atoms with Gasteiger partial charge in [-0.1, -0.05) is 6.07 Å². The highest BCUT2D eigenvalue weighted by atomic mass is 32.2. The average molecular weight is 399 g/mol. The van der Waals surface area contributed by atoms with Crippen LogP contribution in [0.4, 0.5) is 5.69 Å².